The van der Waals surface area contributed by atoms with E-state index in [0.717, 1.165) is 36.8 Å². The van der Waals surface area contributed by atoms with E-state index < -0.39 is 7.42 Å². The van der Waals surface area contributed by atoms with Gasteiger partial charge in [0.1, 0.15) is 5.75 Å². The van der Waals surface area contributed by atoms with E-state index in [1.807, 2.05) is 30.3 Å². The molecular weight excluding hydrogens is 259 g/mol. The van der Waals surface area contributed by atoms with Crippen LogP contribution in [0, 0.1) is 0 Å². The predicted octanol–water partition coefficient (Wildman–Crippen LogP) is 4.19. The summed E-state index contributed by atoms with van der Waals surface area (Å²) in [7, 11) is -1.42. The molecule has 0 aromatic heterocycles. The fourth-order valence-electron chi connectivity index (χ4n) is 1.29. The molecule has 0 saturated carbocycles. The molecule has 0 saturated heterocycles. The molecule has 1 aromatic carbocycles. The van der Waals surface area contributed by atoms with Crippen LogP contribution < -0.4 is 4.74 Å². The van der Waals surface area contributed by atoms with Gasteiger partial charge in [0.25, 0.3) is 0 Å². The first-order valence-corrected chi connectivity index (χ1v) is 9.66. The van der Waals surface area contributed by atoms with E-state index in [1.54, 1.807) is 0 Å². The van der Waals surface area contributed by atoms with Crippen molar-refractivity contribution >= 4 is 35.7 Å². The lowest BCUT2D eigenvalue weighted by molar-refractivity contribution is 0.309. The minimum atomic E-state index is -1.42. The first kappa shape index (κ1) is 13.6. The maximum absolute atomic E-state index is 5.76. The van der Waals surface area contributed by atoms with Crippen LogP contribution in [-0.4, -0.2) is 14.0 Å². The lowest BCUT2D eigenvalue weighted by atomic mass is 10.2. The van der Waals surface area contributed by atoms with Gasteiger partial charge in [-0.2, -0.15) is 22.2 Å². The number of unbranched alkanes of at least 4 members (excludes halogenated alkanes) is 1. The fourth-order valence-corrected chi connectivity index (χ4v) is 2.81. The number of hydrogen-bond acceptors (Lipinski definition) is 1. The smallest absolute Gasteiger partial charge is 0.237 e. The van der Waals surface area contributed by atoms with E-state index in [0.29, 0.717) is 0 Å². The third-order valence-electron chi connectivity index (χ3n) is 2.20. The Morgan fingerprint density at radius 3 is 2.44 bits per heavy atom. The average Bonchev–Trinajstić information content (AvgIpc) is 2.29. The highest BCUT2D eigenvalue weighted by atomic mass is 35.7. The number of rotatable bonds is 7. The second kappa shape index (κ2) is 7.77. The van der Waals surface area contributed by atoms with Crippen LogP contribution in [0.1, 0.15) is 18.4 Å². The molecule has 0 spiro atoms. The number of ether oxygens (including phenoxy) is 1. The maximum atomic E-state index is 5.76. The van der Waals surface area contributed by atoms with Crippen molar-refractivity contribution in [2.75, 3.05) is 6.61 Å². The standard InChI is InChI=1S/C12H16Cl2OSi/c1-2-11-5-7-12(8-6-11)15-9-3-4-10-16(13)14/h2,5-8,16H,1,3-4,9-10H2. The molecule has 1 rings (SSSR count). The van der Waals surface area contributed by atoms with E-state index in [4.69, 9.17) is 26.9 Å². The van der Waals surface area contributed by atoms with Gasteiger partial charge in [0.15, 0.2) is 0 Å². The molecule has 0 amide bonds. The Morgan fingerprint density at radius 2 is 1.88 bits per heavy atom. The SMILES string of the molecule is C=Cc1ccc(OCCCC[SiH](Cl)Cl)cc1. The van der Waals surface area contributed by atoms with Crippen LogP contribution in [0.5, 0.6) is 5.75 Å². The van der Waals surface area contributed by atoms with Gasteiger partial charge in [-0.05, 0) is 30.2 Å². The first-order chi connectivity index (χ1) is 7.72. The number of hydrogen-bond donors (Lipinski definition) is 0. The highest BCUT2D eigenvalue weighted by Gasteiger charge is 2.01. The van der Waals surface area contributed by atoms with Gasteiger partial charge in [-0.15, -0.1) is 0 Å². The zero-order valence-corrected chi connectivity index (χ0v) is 11.8. The van der Waals surface area contributed by atoms with Gasteiger partial charge < -0.3 is 4.74 Å². The third kappa shape index (κ3) is 5.59. The molecule has 0 N–H and O–H groups in total. The molecule has 88 valence electrons. The van der Waals surface area contributed by atoms with Gasteiger partial charge in [0.2, 0.25) is 7.42 Å². The maximum Gasteiger partial charge on any atom is 0.237 e. The second-order valence-corrected chi connectivity index (χ2v) is 8.70. The van der Waals surface area contributed by atoms with Crippen LogP contribution in [0.25, 0.3) is 6.08 Å². The summed E-state index contributed by atoms with van der Waals surface area (Å²) in [6, 6.07) is 8.85. The van der Waals surface area contributed by atoms with E-state index in [1.165, 1.54) is 0 Å². The summed E-state index contributed by atoms with van der Waals surface area (Å²) in [6.07, 6.45) is 3.87. The molecule has 1 aromatic rings. The summed E-state index contributed by atoms with van der Waals surface area (Å²) < 4.78 is 5.58. The molecule has 1 nitrogen and oxygen atoms in total. The molecule has 0 aliphatic rings. The summed E-state index contributed by atoms with van der Waals surface area (Å²) in [5.41, 5.74) is 1.10. The number of halogens is 2. The van der Waals surface area contributed by atoms with Gasteiger partial charge >= 0.3 is 0 Å². The summed E-state index contributed by atoms with van der Waals surface area (Å²) >= 11 is 11.5. The summed E-state index contributed by atoms with van der Waals surface area (Å²) in [5.74, 6) is 0.899. The van der Waals surface area contributed by atoms with Gasteiger partial charge in [0.05, 0.1) is 6.61 Å². The minimum absolute atomic E-state index is 0.725. The minimum Gasteiger partial charge on any atom is -0.494 e. The normalized spacial score (nSPS) is 10.4. The molecule has 0 fully saturated rings. The van der Waals surface area contributed by atoms with E-state index in [-0.39, 0.29) is 0 Å². The molecule has 0 bridgehead atoms. The van der Waals surface area contributed by atoms with Gasteiger partial charge in [0, 0.05) is 0 Å². The van der Waals surface area contributed by atoms with Crippen molar-refractivity contribution in [3.63, 3.8) is 0 Å². The second-order valence-electron chi connectivity index (χ2n) is 3.51. The van der Waals surface area contributed by atoms with E-state index in [9.17, 15) is 0 Å². The van der Waals surface area contributed by atoms with Crippen LogP contribution >= 0.6 is 22.2 Å². The third-order valence-corrected chi connectivity index (χ3v) is 4.36. The van der Waals surface area contributed by atoms with Crippen molar-refractivity contribution in [1.29, 1.82) is 0 Å². The predicted molar refractivity (Wildman–Crippen MR) is 74.9 cm³/mol. The van der Waals surface area contributed by atoms with Crippen LogP contribution in [0.3, 0.4) is 0 Å². The van der Waals surface area contributed by atoms with Crippen molar-refractivity contribution in [2.45, 2.75) is 18.9 Å². The highest BCUT2D eigenvalue weighted by Crippen LogP contribution is 2.14. The number of benzene rings is 1. The first-order valence-electron chi connectivity index (χ1n) is 5.36. The van der Waals surface area contributed by atoms with Crippen LogP contribution in [0.2, 0.25) is 6.04 Å². The van der Waals surface area contributed by atoms with Crippen LogP contribution in [0.4, 0.5) is 0 Å². The lowest BCUT2D eigenvalue weighted by Crippen LogP contribution is -1.99. The van der Waals surface area contributed by atoms with E-state index >= 15 is 0 Å². The van der Waals surface area contributed by atoms with Crippen LogP contribution in [-0.2, 0) is 0 Å². The molecule has 0 aliphatic carbocycles. The Labute approximate surface area is 108 Å². The molecule has 0 aliphatic heterocycles. The summed E-state index contributed by atoms with van der Waals surface area (Å²) in [5, 5.41) is 0. The Hall–Kier alpha value is -0.443. The Kier molecular flexibility index (Phi) is 6.61. The van der Waals surface area contributed by atoms with Crippen molar-refractivity contribution in [3.05, 3.63) is 36.4 Å². The molecule has 4 heteroatoms. The van der Waals surface area contributed by atoms with Crippen molar-refractivity contribution in [3.8, 4) is 5.75 Å². The Bertz CT molecular complexity index is 311. The average molecular weight is 275 g/mol. The van der Waals surface area contributed by atoms with Crippen LogP contribution in [0.15, 0.2) is 30.8 Å². The van der Waals surface area contributed by atoms with Crippen molar-refractivity contribution in [2.24, 2.45) is 0 Å². The van der Waals surface area contributed by atoms with Gasteiger partial charge in [-0.1, -0.05) is 31.2 Å². The topological polar surface area (TPSA) is 9.23 Å². The molecular formula is C12H16Cl2OSi. The monoisotopic (exact) mass is 274 g/mol. The largest absolute Gasteiger partial charge is 0.494 e. The van der Waals surface area contributed by atoms with Gasteiger partial charge in [-0.25, -0.2) is 0 Å². The quantitative estimate of drug-likeness (QED) is 0.412. The summed E-state index contributed by atoms with van der Waals surface area (Å²) in [6.45, 7) is 4.43. The van der Waals surface area contributed by atoms with Crippen molar-refractivity contribution in [1.82, 2.24) is 0 Å². The summed E-state index contributed by atoms with van der Waals surface area (Å²) in [4.78, 5) is 0. The fraction of sp³-hybridized carbons (Fsp3) is 0.333. The lowest BCUT2D eigenvalue weighted by Gasteiger charge is -2.06. The highest BCUT2D eigenvalue weighted by molar-refractivity contribution is 7.33. The van der Waals surface area contributed by atoms with Crippen molar-refractivity contribution < 1.29 is 4.74 Å². The van der Waals surface area contributed by atoms with Gasteiger partial charge in [-0.3, -0.25) is 0 Å². The Morgan fingerprint density at radius 1 is 1.19 bits per heavy atom. The molecule has 0 heterocycles. The Balaban J connectivity index is 2.19. The molecule has 0 radical (unpaired) electrons. The molecule has 16 heavy (non-hydrogen) atoms. The zero-order valence-electron chi connectivity index (χ0n) is 9.16. The van der Waals surface area contributed by atoms with E-state index in [2.05, 4.69) is 6.58 Å². The molecule has 0 atom stereocenters. The molecule has 0 unspecified atom stereocenters. The zero-order chi connectivity index (χ0) is 11.8.